The van der Waals surface area contributed by atoms with Crippen LogP contribution in [0.25, 0.3) is 0 Å². The molecule has 0 unspecified atom stereocenters. The van der Waals surface area contributed by atoms with Gasteiger partial charge in [0.25, 0.3) is 12.0 Å². The number of ether oxygens (including phenoxy) is 2. The summed E-state index contributed by atoms with van der Waals surface area (Å²) >= 11 is 5.90. The van der Waals surface area contributed by atoms with Gasteiger partial charge in [-0.15, -0.1) is 0 Å². The molecule has 50 heavy (non-hydrogen) atoms. The largest absolute Gasteiger partial charge is 0.463 e. The van der Waals surface area contributed by atoms with Crippen LogP contribution in [-0.4, -0.2) is 49.4 Å². The minimum Gasteiger partial charge on any atom is -0.463 e. The molecule has 4 aromatic rings. The number of carbonyl (C=O) groups is 2. The first-order valence-corrected chi connectivity index (χ1v) is 16.3. The van der Waals surface area contributed by atoms with Gasteiger partial charge in [-0.05, 0) is 104 Å². The fourth-order valence-electron chi connectivity index (χ4n) is 5.03. The zero-order chi connectivity index (χ0) is 35.3. The van der Waals surface area contributed by atoms with Gasteiger partial charge < -0.3 is 42.2 Å². The van der Waals surface area contributed by atoms with Gasteiger partial charge in [-0.1, -0.05) is 41.9 Å². The quantitative estimate of drug-likeness (QED) is 0.107. The minimum absolute atomic E-state index is 0.110. The summed E-state index contributed by atoms with van der Waals surface area (Å²) in [6, 6.07) is 27.9. The number of urea groups is 2. The fraction of sp³-hybridized carbons (Fsp3) is 0.222. The number of halogens is 2. The first-order valence-electron chi connectivity index (χ1n) is 15.9. The number of hydrogen-bond acceptors (Lipinski definition) is 8. The van der Waals surface area contributed by atoms with Crippen LogP contribution in [0.3, 0.4) is 0 Å². The van der Waals surface area contributed by atoms with Gasteiger partial charge in [0.2, 0.25) is 0 Å². The molecule has 0 saturated heterocycles. The van der Waals surface area contributed by atoms with Crippen LogP contribution in [-0.2, 0) is 22.3 Å². The summed E-state index contributed by atoms with van der Waals surface area (Å²) in [5.74, 6) is -0.348. The average molecular weight is 701 g/mol. The molecule has 0 bridgehead atoms. The first-order chi connectivity index (χ1) is 24.2. The minimum atomic E-state index is -0.382. The zero-order valence-corrected chi connectivity index (χ0v) is 27.8. The number of benzene rings is 4. The molecular weight excluding hydrogens is 663 g/mol. The Morgan fingerprint density at radius 2 is 1.08 bits per heavy atom. The maximum Gasteiger partial charge on any atom is 0.323 e. The number of nitrogens with one attached hydrogen (secondary N) is 4. The van der Waals surface area contributed by atoms with Gasteiger partial charge in [-0.3, -0.25) is 0 Å². The molecular formula is C36H38ClFN8O4. The van der Waals surface area contributed by atoms with Crippen LogP contribution in [0.15, 0.2) is 107 Å². The molecule has 8 N–H and O–H groups in total. The average Bonchev–Trinajstić information content (AvgIpc) is 3.72. The SMILES string of the molecule is NC1=N[C@@H](CCc2ccc(NC(=O)Nc3ccc(F)cc3)cc2)CO1.NC1=N[C@@H](CCc2ccc(NC(=O)Nc3cccc(Cl)c3)cc2)CO1. The molecule has 4 amide bonds. The molecule has 0 saturated carbocycles. The highest BCUT2D eigenvalue weighted by molar-refractivity contribution is 6.30. The van der Waals surface area contributed by atoms with E-state index in [1.165, 1.54) is 29.8 Å². The van der Waals surface area contributed by atoms with E-state index in [-0.39, 0.29) is 42.0 Å². The topological polar surface area (TPSA) is 177 Å². The van der Waals surface area contributed by atoms with Crippen molar-refractivity contribution in [1.29, 1.82) is 0 Å². The second-order valence-corrected chi connectivity index (χ2v) is 11.9. The van der Waals surface area contributed by atoms with E-state index in [0.29, 0.717) is 35.3 Å². The second-order valence-electron chi connectivity index (χ2n) is 11.5. The number of nitrogens with zero attached hydrogens (tertiary/aromatic N) is 2. The van der Waals surface area contributed by atoms with Crippen LogP contribution in [0.2, 0.25) is 5.02 Å². The predicted molar refractivity (Wildman–Crippen MR) is 195 cm³/mol. The summed E-state index contributed by atoms with van der Waals surface area (Å²) in [5, 5.41) is 11.5. The maximum atomic E-state index is 12.8. The number of carbonyl (C=O) groups excluding carboxylic acids is 2. The molecule has 6 rings (SSSR count). The molecule has 2 aliphatic rings. The fourth-order valence-corrected chi connectivity index (χ4v) is 5.22. The molecule has 2 aliphatic heterocycles. The van der Waals surface area contributed by atoms with E-state index in [0.717, 1.165) is 36.9 Å². The Bertz CT molecular complexity index is 1800. The number of aryl methyl sites for hydroxylation is 2. The number of rotatable bonds is 10. The number of hydrogen-bond donors (Lipinski definition) is 6. The highest BCUT2D eigenvalue weighted by Crippen LogP contribution is 2.18. The molecule has 14 heteroatoms. The van der Waals surface area contributed by atoms with Crippen molar-refractivity contribution in [2.24, 2.45) is 21.5 Å². The van der Waals surface area contributed by atoms with Gasteiger partial charge in [0.05, 0.1) is 12.1 Å². The summed E-state index contributed by atoms with van der Waals surface area (Å²) < 4.78 is 23.1. The molecule has 260 valence electrons. The number of aliphatic imine (C=N–C) groups is 2. The lowest BCUT2D eigenvalue weighted by Crippen LogP contribution is -2.19. The van der Waals surface area contributed by atoms with Crippen molar-refractivity contribution >= 4 is 58.5 Å². The molecule has 4 aromatic carbocycles. The van der Waals surface area contributed by atoms with E-state index in [1.807, 2.05) is 48.5 Å². The lowest BCUT2D eigenvalue weighted by Gasteiger charge is -2.09. The van der Waals surface area contributed by atoms with Crippen LogP contribution in [0, 0.1) is 5.82 Å². The van der Waals surface area contributed by atoms with Gasteiger partial charge >= 0.3 is 12.1 Å². The van der Waals surface area contributed by atoms with Crippen molar-refractivity contribution in [3.05, 3.63) is 119 Å². The van der Waals surface area contributed by atoms with Crippen LogP contribution >= 0.6 is 11.6 Å². The van der Waals surface area contributed by atoms with Crippen molar-refractivity contribution in [3.63, 3.8) is 0 Å². The highest BCUT2D eigenvalue weighted by Gasteiger charge is 2.17. The summed E-state index contributed by atoms with van der Waals surface area (Å²) in [6.45, 7) is 1.09. The number of nitrogens with two attached hydrogens (primary N) is 2. The molecule has 2 heterocycles. The molecule has 0 aromatic heterocycles. The van der Waals surface area contributed by atoms with Crippen molar-refractivity contribution in [3.8, 4) is 0 Å². The van der Waals surface area contributed by atoms with Crippen LogP contribution < -0.4 is 32.7 Å². The summed E-state index contributed by atoms with van der Waals surface area (Å²) in [7, 11) is 0. The Kier molecular flexibility index (Phi) is 12.4. The summed E-state index contributed by atoms with van der Waals surface area (Å²) in [4.78, 5) is 32.3. The van der Waals surface area contributed by atoms with Gasteiger partial charge in [-0.2, -0.15) is 0 Å². The van der Waals surface area contributed by atoms with E-state index in [2.05, 4.69) is 31.3 Å². The van der Waals surface area contributed by atoms with Crippen molar-refractivity contribution in [2.45, 2.75) is 37.8 Å². The second kappa shape index (κ2) is 17.5. The third-order valence-corrected chi connectivity index (χ3v) is 7.84. The van der Waals surface area contributed by atoms with Gasteiger partial charge in [0, 0.05) is 27.8 Å². The van der Waals surface area contributed by atoms with E-state index in [1.54, 1.807) is 24.3 Å². The van der Waals surface area contributed by atoms with Gasteiger partial charge in [0.15, 0.2) is 0 Å². The summed E-state index contributed by atoms with van der Waals surface area (Å²) in [5.41, 5.74) is 15.9. The standard InChI is InChI=1S/C18H19ClN4O2.C18H19FN4O2/c19-13-2-1-3-15(10-13)23-18(24)22-14-7-4-12(5-8-14)6-9-16-11-25-17(20)21-16;19-13-4-9-15(10-5-13)23-18(24)22-14-6-1-12(2-7-14)3-8-16-11-25-17(20)21-16/h1-5,7-8,10,16H,6,9,11H2,(H2,20,21)(H2,22,23,24);1-2,4-7,9-10,16H,3,8,11H2,(H2,20,21)(H2,22,23,24)/t2*16-/m00/s1. The third kappa shape index (κ3) is 11.7. The Labute approximate surface area is 294 Å². The Hall–Kier alpha value is -5.82. The van der Waals surface area contributed by atoms with E-state index in [4.69, 9.17) is 32.5 Å². The van der Waals surface area contributed by atoms with Crippen LogP contribution in [0.5, 0.6) is 0 Å². The molecule has 0 spiro atoms. The highest BCUT2D eigenvalue weighted by atomic mass is 35.5. The zero-order valence-electron chi connectivity index (χ0n) is 27.1. The van der Waals surface area contributed by atoms with Crippen LogP contribution in [0.1, 0.15) is 24.0 Å². The van der Waals surface area contributed by atoms with Gasteiger partial charge in [0.1, 0.15) is 19.0 Å². The Morgan fingerprint density at radius 1 is 0.660 bits per heavy atom. The molecule has 0 aliphatic carbocycles. The lowest BCUT2D eigenvalue weighted by molar-refractivity contribution is 0.261. The maximum absolute atomic E-state index is 12.8. The Balaban J connectivity index is 0.000000194. The van der Waals surface area contributed by atoms with Crippen LogP contribution in [0.4, 0.5) is 36.7 Å². The van der Waals surface area contributed by atoms with Crippen molar-refractivity contribution in [1.82, 2.24) is 0 Å². The molecule has 12 nitrogen and oxygen atoms in total. The number of amides is 4. The third-order valence-electron chi connectivity index (χ3n) is 7.61. The van der Waals surface area contributed by atoms with Crippen molar-refractivity contribution < 1.29 is 23.5 Å². The monoisotopic (exact) mass is 700 g/mol. The van der Waals surface area contributed by atoms with E-state index < -0.39 is 0 Å². The number of amidine groups is 2. The van der Waals surface area contributed by atoms with Crippen molar-refractivity contribution in [2.75, 3.05) is 34.5 Å². The Morgan fingerprint density at radius 3 is 1.48 bits per heavy atom. The molecule has 0 fully saturated rings. The van der Waals surface area contributed by atoms with Gasteiger partial charge in [-0.25, -0.2) is 24.0 Å². The molecule has 2 atom stereocenters. The normalized spacial score (nSPS) is 16.0. The van der Waals surface area contributed by atoms with E-state index in [9.17, 15) is 14.0 Å². The smallest absolute Gasteiger partial charge is 0.323 e. The number of anilines is 4. The van der Waals surface area contributed by atoms with E-state index >= 15 is 0 Å². The summed E-state index contributed by atoms with van der Waals surface area (Å²) in [6.07, 6.45) is 3.47. The first kappa shape index (κ1) is 35.5. The molecule has 0 radical (unpaired) electrons. The lowest BCUT2D eigenvalue weighted by atomic mass is 10.1. The predicted octanol–water partition coefficient (Wildman–Crippen LogP) is 6.75.